The molecule has 16 heavy (non-hydrogen) atoms. The first-order chi connectivity index (χ1) is 6.98. The highest BCUT2D eigenvalue weighted by Gasteiger charge is 2.53. The van der Waals surface area contributed by atoms with Gasteiger partial charge in [-0.25, -0.2) is 0 Å². The largest absolute Gasteiger partial charge is 0.481 e. The van der Waals surface area contributed by atoms with Gasteiger partial charge in [-0.2, -0.15) is 10.6 Å². The zero-order chi connectivity index (χ0) is 12.8. The van der Waals surface area contributed by atoms with Crippen molar-refractivity contribution in [2.24, 2.45) is 11.3 Å². The molecule has 0 amide bonds. The van der Waals surface area contributed by atoms with E-state index in [0.717, 1.165) is 0 Å². The molecule has 1 saturated heterocycles. The van der Waals surface area contributed by atoms with E-state index in [9.17, 15) is 24.1 Å². The van der Waals surface area contributed by atoms with Crippen LogP contribution >= 0.6 is 10.6 Å². The van der Waals surface area contributed by atoms with Gasteiger partial charge in [0.05, 0.1) is 17.3 Å². The highest BCUT2D eigenvalue weighted by molar-refractivity contribution is 8.24. The summed E-state index contributed by atoms with van der Waals surface area (Å²) in [5, 5.41) is 19.5. The van der Waals surface area contributed by atoms with Gasteiger partial charge in [0.1, 0.15) is 0 Å². The molecule has 1 aliphatic heterocycles. The van der Waals surface area contributed by atoms with Crippen molar-refractivity contribution in [3.05, 3.63) is 0 Å². The first-order valence-corrected chi connectivity index (χ1v) is 7.05. The number of carboxylic acids is 1. The van der Waals surface area contributed by atoms with Crippen LogP contribution in [0.2, 0.25) is 0 Å². The predicted octanol–water partition coefficient (Wildman–Crippen LogP) is 1.62. The fourth-order valence-electron chi connectivity index (χ4n) is 2.52. The van der Waals surface area contributed by atoms with Crippen LogP contribution in [-0.4, -0.2) is 42.4 Å². The molecule has 0 aromatic rings. The van der Waals surface area contributed by atoms with Crippen molar-refractivity contribution in [3.8, 4) is 0 Å². The quantitative estimate of drug-likeness (QED) is 0.598. The summed E-state index contributed by atoms with van der Waals surface area (Å²) >= 11 is 0. The fourth-order valence-corrected chi connectivity index (χ4v) is 4.46. The number of rotatable bonds is 2. The lowest BCUT2D eigenvalue weighted by Crippen LogP contribution is -2.49. The van der Waals surface area contributed by atoms with Crippen LogP contribution in [0.15, 0.2) is 0 Å². The van der Waals surface area contributed by atoms with Crippen LogP contribution < -0.4 is 0 Å². The van der Waals surface area contributed by atoms with Gasteiger partial charge in [-0.05, 0) is 11.8 Å². The normalized spacial score (nSPS) is 33.4. The molecule has 1 rings (SSSR count). The SMILES string of the molecule is CC(C)(C)C(C(=O)O)C1(O)CCS(O)(O)C1. The standard InChI is InChI=1S/C10H20O5S/c1-9(2,3)7(8(11)12)10(13)4-5-16(14,15)6-10/h7,13-15H,4-6H2,1-3H3,(H,11,12). The molecule has 0 spiro atoms. The number of carboxylic acid groups (broad SMARTS) is 1. The summed E-state index contributed by atoms with van der Waals surface area (Å²) in [7, 11) is -2.81. The van der Waals surface area contributed by atoms with E-state index < -0.39 is 33.5 Å². The van der Waals surface area contributed by atoms with Crippen LogP contribution in [0.5, 0.6) is 0 Å². The van der Waals surface area contributed by atoms with Crippen molar-refractivity contribution in [2.75, 3.05) is 11.5 Å². The molecule has 2 atom stereocenters. The van der Waals surface area contributed by atoms with Crippen molar-refractivity contribution in [2.45, 2.75) is 32.8 Å². The minimum Gasteiger partial charge on any atom is -0.481 e. The monoisotopic (exact) mass is 252 g/mol. The highest BCUT2D eigenvalue weighted by Crippen LogP contribution is 2.54. The van der Waals surface area contributed by atoms with Gasteiger partial charge in [0, 0.05) is 5.75 Å². The van der Waals surface area contributed by atoms with Crippen molar-refractivity contribution in [1.82, 2.24) is 0 Å². The van der Waals surface area contributed by atoms with Gasteiger partial charge >= 0.3 is 5.97 Å². The lowest BCUT2D eigenvalue weighted by molar-refractivity contribution is -0.158. The Balaban J connectivity index is 3.01. The van der Waals surface area contributed by atoms with Crippen LogP contribution in [0.1, 0.15) is 27.2 Å². The number of aliphatic hydroxyl groups is 1. The summed E-state index contributed by atoms with van der Waals surface area (Å²) < 4.78 is 19.0. The third-order valence-electron chi connectivity index (χ3n) is 2.99. The summed E-state index contributed by atoms with van der Waals surface area (Å²) in [6, 6.07) is 0. The maximum atomic E-state index is 11.2. The van der Waals surface area contributed by atoms with E-state index in [1.807, 2.05) is 0 Å². The number of hydrogen-bond acceptors (Lipinski definition) is 4. The molecule has 2 unspecified atom stereocenters. The molecule has 4 N–H and O–H groups in total. The van der Waals surface area contributed by atoms with Gasteiger partial charge in [0.2, 0.25) is 0 Å². The second-order valence-corrected chi connectivity index (χ2v) is 7.94. The first kappa shape index (κ1) is 13.8. The Morgan fingerprint density at radius 3 is 2.12 bits per heavy atom. The van der Waals surface area contributed by atoms with Gasteiger partial charge in [-0.15, -0.1) is 0 Å². The average molecular weight is 252 g/mol. The fraction of sp³-hybridized carbons (Fsp3) is 0.900. The highest BCUT2D eigenvalue weighted by atomic mass is 32.3. The van der Waals surface area contributed by atoms with E-state index in [1.54, 1.807) is 20.8 Å². The van der Waals surface area contributed by atoms with Gasteiger partial charge in [0.25, 0.3) is 0 Å². The molecular formula is C10H20O5S. The maximum absolute atomic E-state index is 11.2. The van der Waals surface area contributed by atoms with Crippen molar-refractivity contribution < 1.29 is 24.1 Å². The molecule has 6 heteroatoms. The Bertz CT molecular complexity index is 296. The van der Waals surface area contributed by atoms with Crippen molar-refractivity contribution in [1.29, 1.82) is 0 Å². The van der Waals surface area contributed by atoms with E-state index in [2.05, 4.69) is 0 Å². The molecule has 1 fully saturated rings. The number of hydrogen-bond donors (Lipinski definition) is 4. The van der Waals surface area contributed by atoms with Crippen LogP contribution in [0.25, 0.3) is 0 Å². The van der Waals surface area contributed by atoms with E-state index in [0.29, 0.717) is 0 Å². The third-order valence-corrected chi connectivity index (χ3v) is 4.81. The third kappa shape index (κ3) is 2.68. The minimum atomic E-state index is -2.81. The molecule has 1 heterocycles. The number of carbonyl (C=O) groups is 1. The molecule has 0 saturated carbocycles. The maximum Gasteiger partial charge on any atom is 0.310 e. The summed E-state index contributed by atoms with van der Waals surface area (Å²) in [4.78, 5) is 11.2. The second-order valence-electron chi connectivity index (χ2n) is 5.64. The summed E-state index contributed by atoms with van der Waals surface area (Å²) in [5.41, 5.74) is -2.14. The van der Waals surface area contributed by atoms with Crippen LogP contribution in [0.4, 0.5) is 0 Å². The Labute approximate surface area is 96.8 Å². The zero-order valence-electron chi connectivity index (χ0n) is 9.80. The molecule has 96 valence electrons. The molecule has 0 bridgehead atoms. The number of aliphatic carboxylic acids is 1. The van der Waals surface area contributed by atoms with Gasteiger partial charge in [-0.3, -0.25) is 13.9 Å². The first-order valence-electron chi connectivity index (χ1n) is 5.17. The molecule has 0 radical (unpaired) electrons. The summed E-state index contributed by atoms with van der Waals surface area (Å²) in [6.07, 6.45) is 0.129. The van der Waals surface area contributed by atoms with Crippen LogP contribution in [0.3, 0.4) is 0 Å². The summed E-state index contributed by atoms with van der Waals surface area (Å²) in [6.45, 7) is 5.19. The van der Waals surface area contributed by atoms with E-state index in [1.165, 1.54) is 0 Å². The van der Waals surface area contributed by atoms with Crippen LogP contribution in [-0.2, 0) is 4.79 Å². The van der Waals surface area contributed by atoms with Gasteiger partial charge < -0.3 is 10.2 Å². The Morgan fingerprint density at radius 1 is 1.38 bits per heavy atom. The zero-order valence-corrected chi connectivity index (χ0v) is 10.6. The van der Waals surface area contributed by atoms with E-state index in [4.69, 9.17) is 0 Å². The lowest BCUT2D eigenvalue weighted by Gasteiger charge is -2.39. The second kappa shape index (κ2) is 3.87. The molecular weight excluding hydrogens is 232 g/mol. The molecule has 0 aliphatic carbocycles. The molecule has 0 aromatic heterocycles. The van der Waals surface area contributed by atoms with Gasteiger partial charge in [-0.1, -0.05) is 20.8 Å². The van der Waals surface area contributed by atoms with E-state index >= 15 is 0 Å². The smallest absolute Gasteiger partial charge is 0.310 e. The molecule has 1 aliphatic rings. The van der Waals surface area contributed by atoms with Crippen LogP contribution in [0, 0.1) is 11.3 Å². The van der Waals surface area contributed by atoms with Crippen molar-refractivity contribution in [3.63, 3.8) is 0 Å². The van der Waals surface area contributed by atoms with Crippen molar-refractivity contribution >= 4 is 16.6 Å². The topological polar surface area (TPSA) is 98.0 Å². The van der Waals surface area contributed by atoms with Gasteiger partial charge in [0.15, 0.2) is 0 Å². The lowest BCUT2D eigenvalue weighted by atomic mass is 9.70. The Kier molecular flexibility index (Phi) is 3.33. The molecule has 0 aromatic carbocycles. The summed E-state index contributed by atoms with van der Waals surface area (Å²) in [5.74, 6) is -2.22. The Morgan fingerprint density at radius 2 is 1.88 bits per heavy atom. The Hall–Kier alpha value is -0.300. The predicted molar refractivity (Wildman–Crippen MR) is 62.7 cm³/mol. The minimum absolute atomic E-state index is 0.0867. The molecule has 5 nitrogen and oxygen atoms in total. The van der Waals surface area contributed by atoms with E-state index in [-0.39, 0.29) is 17.9 Å². The average Bonchev–Trinajstić information content (AvgIpc) is 2.20.